The molecule has 2 aromatic rings. The SMILES string of the molecule is CC(C)(C)c1ccc(S(=O)(=O)NCC(=O)Nc2ccccc2Cl)cc1. The summed E-state index contributed by atoms with van der Waals surface area (Å²) in [6.07, 6.45) is 0. The van der Waals surface area contributed by atoms with Gasteiger partial charge in [0.2, 0.25) is 15.9 Å². The lowest BCUT2D eigenvalue weighted by molar-refractivity contribution is -0.115. The number of rotatable bonds is 5. The highest BCUT2D eigenvalue weighted by Crippen LogP contribution is 2.23. The normalized spacial score (nSPS) is 12.0. The Labute approximate surface area is 153 Å². The number of hydrogen-bond acceptors (Lipinski definition) is 3. The summed E-state index contributed by atoms with van der Waals surface area (Å²) in [7, 11) is -3.76. The van der Waals surface area contributed by atoms with Crippen LogP contribution in [0.4, 0.5) is 5.69 Å². The number of sulfonamides is 1. The quantitative estimate of drug-likeness (QED) is 0.832. The third kappa shape index (κ3) is 5.29. The second-order valence-electron chi connectivity index (χ2n) is 6.63. The third-order valence-electron chi connectivity index (χ3n) is 3.60. The Balaban J connectivity index is 2.01. The minimum atomic E-state index is -3.76. The van der Waals surface area contributed by atoms with Crippen molar-refractivity contribution in [1.29, 1.82) is 0 Å². The van der Waals surface area contributed by atoms with Crippen molar-refractivity contribution in [2.75, 3.05) is 11.9 Å². The molecule has 0 atom stereocenters. The molecule has 1 amide bonds. The highest BCUT2D eigenvalue weighted by molar-refractivity contribution is 7.89. The first-order valence-electron chi connectivity index (χ1n) is 7.74. The van der Waals surface area contributed by atoms with Gasteiger partial charge in [-0.3, -0.25) is 4.79 Å². The summed E-state index contributed by atoms with van der Waals surface area (Å²) >= 11 is 5.95. The lowest BCUT2D eigenvalue weighted by Crippen LogP contribution is -2.33. The van der Waals surface area contributed by atoms with E-state index in [4.69, 9.17) is 11.6 Å². The molecule has 0 unspecified atom stereocenters. The summed E-state index contributed by atoms with van der Waals surface area (Å²) in [5.74, 6) is -0.497. The summed E-state index contributed by atoms with van der Waals surface area (Å²) < 4.78 is 26.9. The number of hydrogen-bond donors (Lipinski definition) is 2. The maximum atomic E-state index is 12.3. The van der Waals surface area contributed by atoms with Gasteiger partial charge in [-0.2, -0.15) is 0 Å². The van der Waals surface area contributed by atoms with Crippen LogP contribution in [0.25, 0.3) is 0 Å². The fourth-order valence-corrected chi connectivity index (χ4v) is 3.30. The molecule has 0 saturated heterocycles. The lowest BCUT2D eigenvalue weighted by Gasteiger charge is -2.19. The van der Waals surface area contributed by atoms with E-state index in [9.17, 15) is 13.2 Å². The highest BCUT2D eigenvalue weighted by atomic mass is 35.5. The molecular formula is C18H21ClN2O3S. The Kier molecular flexibility index (Phi) is 5.87. The van der Waals surface area contributed by atoms with Crippen molar-refractivity contribution in [3.8, 4) is 0 Å². The van der Waals surface area contributed by atoms with Gasteiger partial charge in [-0.25, -0.2) is 13.1 Å². The molecule has 2 rings (SSSR count). The molecule has 0 aliphatic rings. The smallest absolute Gasteiger partial charge is 0.241 e. The van der Waals surface area contributed by atoms with Crippen molar-refractivity contribution in [2.24, 2.45) is 0 Å². The number of amides is 1. The van der Waals surface area contributed by atoms with Crippen LogP contribution in [0.15, 0.2) is 53.4 Å². The van der Waals surface area contributed by atoms with Crippen LogP contribution in [0.5, 0.6) is 0 Å². The molecule has 2 aromatic carbocycles. The van der Waals surface area contributed by atoms with Crippen molar-refractivity contribution in [3.63, 3.8) is 0 Å². The fourth-order valence-electron chi connectivity index (χ4n) is 2.13. The Morgan fingerprint density at radius 3 is 2.20 bits per heavy atom. The average molecular weight is 381 g/mol. The van der Waals surface area contributed by atoms with Crippen LogP contribution >= 0.6 is 11.6 Å². The van der Waals surface area contributed by atoms with Gasteiger partial charge in [0, 0.05) is 0 Å². The van der Waals surface area contributed by atoms with Gasteiger partial charge in [-0.1, -0.05) is 56.6 Å². The minimum absolute atomic E-state index is 0.0649. The predicted molar refractivity (Wildman–Crippen MR) is 100 cm³/mol. The van der Waals surface area contributed by atoms with E-state index < -0.39 is 15.9 Å². The molecule has 0 aliphatic heterocycles. The number of para-hydroxylation sites is 1. The van der Waals surface area contributed by atoms with Crippen molar-refractivity contribution in [3.05, 3.63) is 59.1 Å². The van der Waals surface area contributed by atoms with Crippen LogP contribution in [-0.4, -0.2) is 20.9 Å². The second-order valence-corrected chi connectivity index (χ2v) is 8.80. The number of halogens is 1. The first-order valence-corrected chi connectivity index (χ1v) is 9.60. The molecule has 5 nitrogen and oxygen atoms in total. The molecular weight excluding hydrogens is 360 g/mol. The van der Waals surface area contributed by atoms with E-state index >= 15 is 0 Å². The predicted octanol–water partition coefficient (Wildman–Crippen LogP) is 3.55. The van der Waals surface area contributed by atoms with Crippen LogP contribution in [0.3, 0.4) is 0 Å². The molecule has 0 aliphatic carbocycles. The molecule has 25 heavy (non-hydrogen) atoms. The van der Waals surface area contributed by atoms with E-state index in [1.165, 1.54) is 12.1 Å². The Bertz CT molecular complexity index is 857. The van der Waals surface area contributed by atoms with E-state index in [1.54, 1.807) is 36.4 Å². The molecule has 0 radical (unpaired) electrons. The first-order chi connectivity index (χ1) is 11.6. The number of anilines is 1. The van der Waals surface area contributed by atoms with Crippen LogP contribution in [0.1, 0.15) is 26.3 Å². The van der Waals surface area contributed by atoms with Crippen molar-refractivity contribution >= 4 is 33.2 Å². The van der Waals surface area contributed by atoms with E-state index in [0.717, 1.165) is 5.56 Å². The zero-order valence-electron chi connectivity index (χ0n) is 14.3. The van der Waals surface area contributed by atoms with Gasteiger partial charge in [0.1, 0.15) is 0 Å². The first kappa shape index (κ1) is 19.4. The van der Waals surface area contributed by atoms with Gasteiger partial charge in [0.25, 0.3) is 0 Å². The Hall–Kier alpha value is -1.89. The van der Waals surface area contributed by atoms with Gasteiger partial charge >= 0.3 is 0 Å². The fraction of sp³-hybridized carbons (Fsp3) is 0.278. The summed E-state index contributed by atoms with van der Waals surface area (Å²) in [6.45, 7) is 5.77. The van der Waals surface area contributed by atoms with Gasteiger partial charge in [0.15, 0.2) is 0 Å². The van der Waals surface area contributed by atoms with Crippen LogP contribution in [0, 0.1) is 0 Å². The Morgan fingerprint density at radius 1 is 1.04 bits per heavy atom. The van der Waals surface area contributed by atoms with Crippen molar-refractivity contribution in [1.82, 2.24) is 4.72 Å². The molecule has 0 bridgehead atoms. The average Bonchev–Trinajstić information content (AvgIpc) is 2.55. The maximum absolute atomic E-state index is 12.3. The maximum Gasteiger partial charge on any atom is 0.241 e. The van der Waals surface area contributed by atoms with Gasteiger partial charge in [0.05, 0.1) is 22.2 Å². The third-order valence-corrected chi connectivity index (χ3v) is 5.35. The van der Waals surface area contributed by atoms with E-state index in [1.807, 2.05) is 20.8 Å². The van der Waals surface area contributed by atoms with Gasteiger partial charge < -0.3 is 5.32 Å². The van der Waals surface area contributed by atoms with Crippen LogP contribution in [0.2, 0.25) is 5.02 Å². The summed E-state index contributed by atoms with van der Waals surface area (Å²) in [4.78, 5) is 12.0. The molecule has 0 heterocycles. The second kappa shape index (κ2) is 7.56. The lowest BCUT2D eigenvalue weighted by atomic mass is 9.87. The zero-order chi connectivity index (χ0) is 18.7. The molecule has 0 fully saturated rings. The molecule has 134 valence electrons. The summed E-state index contributed by atoms with van der Waals surface area (Å²) in [5.41, 5.74) is 1.40. The Morgan fingerprint density at radius 2 is 1.64 bits per heavy atom. The molecule has 0 aromatic heterocycles. The number of carbonyl (C=O) groups is 1. The monoisotopic (exact) mass is 380 g/mol. The van der Waals surface area contributed by atoms with E-state index in [0.29, 0.717) is 10.7 Å². The van der Waals surface area contributed by atoms with Crippen molar-refractivity contribution < 1.29 is 13.2 Å². The van der Waals surface area contributed by atoms with E-state index in [2.05, 4.69) is 10.0 Å². The van der Waals surface area contributed by atoms with Crippen molar-refractivity contribution in [2.45, 2.75) is 31.1 Å². The molecule has 2 N–H and O–H groups in total. The largest absolute Gasteiger partial charge is 0.324 e. The number of nitrogens with one attached hydrogen (secondary N) is 2. The summed E-state index contributed by atoms with van der Waals surface area (Å²) in [5, 5.41) is 2.95. The number of benzene rings is 2. The standard InChI is InChI=1S/C18H21ClN2O3S/c1-18(2,3)13-8-10-14(11-9-13)25(23,24)20-12-17(22)21-16-7-5-4-6-15(16)19/h4-11,20H,12H2,1-3H3,(H,21,22). The summed E-state index contributed by atoms with van der Waals surface area (Å²) in [6, 6.07) is 13.4. The molecule has 0 saturated carbocycles. The highest BCUT2D eigenvalue weighted by Gasteiger charge is 2.18. The van der Waals surface area contributed by atoms with E-state index in [-0.39, 0.29) is 16.9 Å². The minimum Gasteiger partial charge on any atom is -0.324 e. The number of carbonyl (C=O) groups excluding carboxylic acids is 1. The molecule has 0 spiro atoms. The van der Waals surface area contributed by atoms with Gasteiger partial charge in [-0.15, -0.1) is 0 Å². The van der Waals surface area contributed by atoms with Crippen LogP contribution < -0.4 is 10.0 Å². The zero-order valence-corrected chi connectivity index (χ0v) is 15.9. The van der Waals surface area contributed by atoms with Gasteiger partial charge in [-0.05, 0) is 35.2 Å². The molecule has 7 heteroatoms. The topological polar surface area (TPSA) is 75.3 Å². The van der Waals surface area contributed by atoms with Crippen LogP contribution in [-0.2, 0) is 20.2 Å².